The SMILES string of the molecule is CNCc1c(Br)nc(-c2ccc(C)cc2C)n1C. The van der Waals surface area contributed by atoms with Gasteiger partial charge in [-0.05, 0) is 42.4 Å². The standard InChI is InChI=1S/C14H18BrN3/c1-9-5-6-11(10(2)7-9)14-17-13(15)12(8-16-3)18(14)4/h5-7,16H,8H2,1-4H3. The zero-order valence-corrected chi connectivity index (χ0v) is 12.8. The average molecular weight is 308 g/mol. The molecule has 1 heterocycles. The zero-order chi connectivity index (χ0) is 13.3. The van der Waals surface area contributed by atoms with Crippen molar-refractivity contribution in [1.29, 1.82) is 0 Å². The van der Waals surface area contributed by atoms with Gasteiger partial charge in [0.1, 0.15) is 10.4 Å². The van der Waals surface area contributed by atoms with Crippen LogP contribution in [0.25, 0.3) is 11.4 Å². The third kappa shape index (κ3) is 2.35. The smallest absolute Gasteiger partial charge is 0.141 e. The molecule has 1 aromatic carbocycles. The fourth-order valence-electron chi connectivity index (χ4n) is 2.16. The van der Waals surface area contributed by atoms with Crippen molar-refractivity contribution in [3.8, 4) is 11.4 Å². The van der Waals surface area contributed by atoms with E-state index in [1.165, 1.54) is 16.7 Å². The lowest BCUT2D eigenvalue weighted by atomic mass is 10.1. The van der Waals surface area contributed by atoms with Gasteiger partial charge >= 0.3 is 0 Å². The maximum absolute atomic E-state index is 4.63. The molecule has 2 aromatic rings. The van der Waals surface area contributed by atoms with Crippen molar-refractivity contribution in [3.63, 3.8) is 0 Å². The van der Waals surface area contributed by atoms with E-state index in [0.29, 0.717) is 0 Å². The number of benzene rings is 1. The van der Waals surface area contributed by atoms with E-state index in [1.807, 2.05) is 7.05 Å². The molecule has 0 radical (unpaired) electrons. The quantitative estimate of drug-likeness (QED) is 0.944. The topological polar surface area (TPSA) is 29.9 Å². The number of imidazole rings is 1. The van der Waals surface area contributed by atoms with Gasteiger partial charge < -0.3 is 9.88 Å². The van der Waals surface area contributed by atoms with Crippen LogP contribution in [0.1, 0.15) is 16.8 Å². The molecule has 0 atom stereocenters. The summed E-state index contributed by atoms with van der Waals surface area (Å²) in [6.07, 6.45) is 0. The van der Waals surface area contributed by atoms with Crippen molar-refractivity contribution in [2.75, 3.05) is 7.05 Å². The first kappa shape index (κ1) is 13.3. The summed E-state index contributed by atoms with van der Waals surface area (Å²) < 4.78 is 3.05. The Morgan fingerprint density at radius 2 is 2.06 bits per heavy atom. The second-order valence-electron chi connectivity index (χ2n) is 4.58. The van der Waals surface area contributed by atoms with Crippen molar-refractivity contribution < 1.29 is 0 Å². The molecule has 0 aliphatic carbocycles. The minimum atomic E-state index is 0.801. The molecular weight excluding hydrogens is 290 g/mol. The Morgan fingerprint density at radius 1 is 1.33 bits per heavy atom. The monoisotopic (exact) mass is 307 g/mol. The third-order valence-electron chi connectivity index (χ3n) is 3.13. The Bertz CT molecular complexity index is 573. The number of nitrogens with zero attached hydrogens (tertiary/aromatic N) is 2. The van der Waals surface area contributed by atoms with Crippen molar-refractivity contribution in [1.82, 2.24) is 14.9 Å². The van der Waals surface area contributed by atoms with Gasteiger partial charge in [0.25, 0.3) is 0 Å². The molecule has 2 rings (SSSR count). The largest absolute Gasteiger partial charge is 0.329 e. The molecule has 96 valence electrons. The average Bonchev–Trinajstić information content (AvgIpc) is 2.58. The maximum Gasteiger partial charge on any atom is 0.141 e. The highest BCUT2D eigenvalue weighted by molar-refractivity contribution is 9.10. The molecule has 0 amide bonds. The number of hydrogen-bond donors (Lipinski definition) is 1. The fourth-order valence-corrected chi connectivity index (χ4v) is 2.74. The highest BCUT2D eigenvalue weighted by atomic mass is 79.9. The Hall–Kier alpha value is -1.13. The van der Waals surface area contributed by atoms with Gasteiger partial charge in [0.05, 0.1) is 5.69 Å². The van der Waals surface area contributed by atoms with E-state index in [0.717, 1.165) is 22.7 Å². The Kier molecular flexibility index (Phi) is 3.88. The number of nitrogens with one attached hydrogen (secondary N) is 1. The molecule has 0 aliphatic rings. The summed E-state index contributed by atoms with van der Waals surface area (Å²) in [5.74, 6) is 1.00. The normalized spacial score (nSPS) is 10.9. The molecule has 18 heavy (non-hydrogen) atoms. The maximum atomic E-state index is 4.63. The first-order valence-electron chi connectivity index (χ1n) is 5.98. The highest BCUT2D eigenvalue weighted by Gasteiger charge is 2.14. The van der Waals surface area contributed by atoms with E-state index >= 15 is 0 Å². The molecule has 0 saturated carbocycles. The minimum Gasteiger partial charge on any atom is -0.329 e. The van der Waals surface area contributed by atoms with Gasteiger partial charge in [0.2, 0.25) is 0 Å². The van der Waals surface area contributed by atoms with Crippen LogP contribution in [0.2, 0.25) is 0 Å². The summed E-state index contributed by atoms with van der Waals surface area (Å²) in [5, 5.41) is 3.16. The van der Waals surface area contributed by atoms with Gasteiger partial charge in [-0.3, -0.25) is 0 Å². The van der Waals surface area contributed by atoms with Gasteiger partial charge in [-0.2, -0.15) is 0 Å². The van der Waals surface area contributed by atoms with Crippen molar-refractivity contribution >= 4 is 15.9 Å². The Labute approximate surface area is 116 Å². The molecule has 1 N–H and O–H groups in total. The number of hydrogen-bond acceptors (Lipinski definition) is 2. The minimum absolute atomic E-state index is 0.801. The summed E-state index contributed by atoms with van der Waals surface area (Å²) >= 11 is 3.53. The first-order chi connectivity index (χ1) is 8.54. The molecule has 0 fully saturated rings. The predicted molar refractivity (Wildman–Crippen MR) is 78.6 cm³/mol. The van der Waals surface area contributed by atoms with E-state index in [9.17, 15) is 0 Å². The van der Waals surface area contributed by atoms with Crippen LogP contribution in [0.5, 0.6) is 0 Å². The van der Waals surface area contributed by atoms with E-state index in [2.05, 4.69) is 69.9 Å². The van der Waals surface area contributed by atoms with E-state index in [-0.39, 0.29) is 0 Å². The molecule has 0 spiro atoms. The van der Waals surface area contributed by atoms with Crippen LogP contribution >= 0.6 is 15.9 Å². The van der Waals surface area contributed by atoms with Crippen LogP contribution in [-0.4, -0.2) is 16.6 Å². The third-order valence-corrected chi connectivity index (χ3v) is 3.77. The second kappa shape index (κ2) is 5.24. The van der Waals surface area contributed by atoms with Crippen LogP contribution < -0.4 is 5.32 Å². The van der Waals surface area contributed by atoms with Gasteiger partial charge in [-0.1, -0.05) is 23.8 Å². The summed E-state index contributed by atoms with van der Waals surface area (Å²) in [5.41, 5.74) is 4.88. The van der Waals surface area contributed by atoms with Crippen molar-refractivity contribution in [2.45, 2.75) is 20.4 Å². The van der Waals surface area contributed by atoms with Gasteiger partial charge in [-0.25, -0.2) is 4.98 Å². The number of rotatable bonds is 3. The van der Waals surface area contributed by atoms with E-state index < -0.39 is 0 Å². The molecule has 3 nitrogen and oxygen atoms in total. The number of aromatic nitrogens is 2. The van der Waals surface area contributed by atoms with Crippen LogP contribution in [0, 0.1) is 13.8 Å². The molecule has 0 saturated heterocycles. The summed E-state index contributed by atoms with van der Waals surface area (Å²) in [4.78, 5) is 4.63. The molecule has 4 heteroatoms. The first-order valence-corrected chi connectivity index (χ1v) is 6.77. The molecule has 0 aliphatic heterocycles. The van der Waals surface area contributed by atoms with E-state index in [4.69, 9.17) is 0 Å². The van der Waals surface area contributed by atoms with Gasteiger partial charge in [0, 0.05) is 19.2 Å². The summed E-state index contributed by atoms with van der Waals surface area (Å²) in [6.45, 7) is 5.04. The van der Waals surface area contributed by atoms with Crippen LogP contribution in [0.3, 0.4) is 0 Å². The van der Waals surface area contributed by atoms with Crippen LogP contribution in [-0.2, 0) is 13.6 Å². The lowest BCUT2D eigenvalue weighted by Gasteiger charge is -2.08. The Balaban J connectivity index is 2.54. The van der Waals surface area contributed by atoms with Crippen molar-refractivity contribution in [2.24, 2.45) is 7.05 Å². The fraction of sp³-hybridized carbons (Fsp3) is 0.357. The Morgan fingerprint density at radius 3 is 2.67 bits per heavy atom. The lowest BCUT2D eigenvalue weighted by molar-refractivity contribution is 0.734. The lowest BCUT2D eigenvalue weighted by Crippen LogP contribution is -2.10. The molecule has 0 bridgehead atoms. The summed E-state index contributed by atoms with van der Waals surface area (Å²) in [6, 6.07) is 6.46. The highest BCUT2D eigenvalue weighted by Crippen LogP contribution is 2.27. The molecule has 0 unspecified atom stereocenters. The zero-order valence-electron chi connectivity index (χ0n) is 11.2. The second-order valence-corrected chi connectivity index (χ2v) is 5.33. The molecular formula is C14H18BrN3. The van der Waals surface area contributed by atoms with Gasteiger partial charge in [0.15, 0.2) is 0 Å². The van der Waals surface area contributed by atoms with Gasteiger partial charge in [-0.15, -0.1) is 0 Å². The van der Waals surface area contributed by atoms with Crippen LogP contribution in [0.15, 0.2) is 22.8 Å². The van der Waals surface area contributed by atoms with E-state index in [1.54, 1.807) is 0 Å². The predicted octanol–water partition coefficient (Wildman–Crippen LogP) is 3.19. The van der Waals surface area contributed by atoms with Crippen LogP contribution in [0.4, 0.5) is 0 Å². The van der Waals surface area contributed by atoms with Crippen molar-refractivity contribution in [3.05, 3.63) is 39.6 Å². The molecule has 1 aromatic heterocycles. The summed E-state index contributed by atoms with van der Waals surface area (Å²) in [7, 11) is 4.00. The number of aryl methyl sites for hydroxylation is 2. The number of halogens is 1.